The third kappa shape index (κ3) is 4.22. The van der Waals surface area contributed by atoms with E-state index in [1.54, 1.807) is 12.1 Å². The predicted octanol–water partition coefficient (Wildman–Crippen LogP) is 7.04. The summed E-state index contributed by atoms with van der Waals surface area (Å²) in [6, 6.07) is 54.4. The summed E-state index contributed by atoms with van der Waals surface area (Å²) in [5.74, 6) is -0.566. The van der Waals surface area contributed by atoms with Crippen molar-refractivity contribution in [3.63, 3.8) is 0 Å². The van der Waals surface area contributed by atoms with Crippen LogP contribution in [-0.2, 0) is 5.41 Å². The molecule has 0 spiro atoms. The number of nitrogens with zero attached hydrogens (tertiary/aromatic N) is 2. The van der Waals surface area contributed by atoms with Gasteiger partial charge in [-0.1, -0.05) is 118 Å². The first-order chi connectivity index (χ1) is 25.3. The van der Waals surface area contributed by atoms with Crippen molar-refractivity contribution in [1.29, 1.82) is 0 Å². The van der Waals surface area contributed by atoms with Crippen molar-refractivity contribution >= 4 is 86.0 Å². The first-order valence-electron chi connectivity index (χ1n) is 17.9. The lowest BCUT2D eigenvalue weighted by Gasteiger charge is -2.51. The van der Waals surface area contributed by atoms with Gasteiger partial charge in [-0.15, -0.1) is 0 Å². The van der Waals surface area contributed by atoms with E-state index in [0.29, 0.717) is 0 Å². The molecule has 3 heterocycles. The Morgan fingerprint density at radius 2 is 1.10 bits per heavy atom. The summed E-state index contributed by atoms with van der Waals surface area (Å²) in [4.78, 5) is 4.71. The second-order valence-corrected chi connectivity index (χ2v) is 18.9. The molecule has 0 aromatic heterocycles. The Hall–Kier alpha value is -5.72. The lowest BCUT2D eigenvalue weighted by molar-refractivity contribution is 0.590. The van der Waals surface area contributed by atoms with Crippen molar-refractivity contribution in [3.05, 3.63) is 175 Å². The van der Waals surface area contributed by atoms with E-state index in [1.807, 2.05) is 18.2 Å². The molecule has 10 rings (SSSR count). The summed E-state index contributed by atoms with van der Waals surface area (Å²) in [7, 11) is -2.88. The van der Waals surface area contributed by atoms with E-state index in [2.05, 4.69) is 146 Å². The summed E-state index contributed by atoms with van der Waals surface area (Å²) >= 11 is 0. The van der Waals surface area contributed by atoms with Crippen LogP contribution in [0.2, 0.25) is 0 Å². The van der Waals surface area contributed by atoms with Crippen molar-refractivity contribution < 1.29 is 8.78 Å². The molecule has 52 heavy (non-hydrogen) atoms. The monoisotopic (exact) mass is 692 g/mol. The third-order valence-corrected chi connectivity index (χ3v) is 16.2. The van der Waals surface area contributed by atoms with Gasteiger partial charge in [-0.25, -0.2) is 8.78 Å². The Labute approximate surface area is 304 Å². The molecular weight excluding hydrogens is 657 g/mol. The highest BCUT2D eigenvalue weighted by Crippen LogP contribution is 2.47. The molecule has 0 saturated heterocycles. The fourth-order valence-electron chi connectivity index (χ4n) is 9.17. The topological polar surface area (TPSA) is 6.48 Å². The lowest BCUT2D eigenvalue weighted by atomic mass is 9.33. The molecule has 0 unspecified atom stereocenters. The van der Waals surface area contributed by atoms with Crippen LogP contribution in [0.4, 0.5) is 42.9 Å². The van der Waals surface area contributed by atoms with Gasteiger partial charge in [0.15, 0.2) is 8.07 Å². The molecule has 7 aromatic rings. The molecule has 3 aliphatic heterocycles. The van der Waals surface area contributed by atoms with Crippen LogP contribution in [0.3, 0.4) is 0 Å². The van der Waals surface area contributed by atoms with Gasteiger partial charge in [0.25, 0.3) is 6.71 Å². The van der Waals surface area contributed by atoms with Gasteiger partial charge in [0, 0.05) is 34.1 Å². The molecule has 250 valence electrons. The molecule has 0 saturated carbocycles. The average molecular weight is 693 g/mol. The Morgan fingerprint density at radius 1 is 0.500 bits per heavy atom. The second kappa shape index (κ2) is 11.1. The van der Waals surface area contributed by atoms with E-state index in [1.165, 1.54) is 55.3 Å². The van der Waals surface area contributed by atoms with Crippen molar-refractivity contribution in [1.82, 2.24) is 0 Å². The minimum absolute atomic E-state index is 0.180. The summed E-state index contributed by atoms with van der Waals surface area (Å²) in [5.41, 5.74) is 10.4. The van der Waals surface area contributed by atoms with E-state index >= 15 is 4.39 Å². The van der Waals surface area contributed by atoms with E-state index in [9.17, 15) is 4.39 Å². The summed E-state index contributed by atoms with van der Waals surface area (Å²) in [6.07, 6.45) is 0. The van der Waals surface area contributed by atoms with Crippen LogP contribution in [0.5, 0.6) is 0 Å². The lowest BCUT2D eigenvalue weighted by Crippen LogP contribution is -2.79. The SMILES string of the molecule is CC(C)(C)c1cc2c3c(c1)N1c4ccccc4[Si](c4ccccc4)(c4ccccc4)c4cccc(c41)B3c1cc(F)ccc1N2c1ccc(F)cc1. The number of rotatable bonds is 3. The molecule has 0 amide bonds. The number of fused-ring (bicyclic) bond motifs is 6. The second-order valence-electron chi connectivity index (χ2n) is 15.2. The standard InChI is InChI=1S/C46H35BF2N2Si/c1-46(2,3)30-27-40-44-41(28-30)51-39-18-10-11-19-42(39)52(34-13-6-4-7-14-34,35-15-8-5-9-16-35)43-20-12-17-36(45(43)51)47(44)37-29-32(49)23-26-38(37)50(40)33-24-21-31(48)22-25-33/h4-29H,1-3H3. The quantitative estimate of drug-likeness (QED) is 0.184. The molecule has 0 aliphatic carbocycles. The molecule has 0 bridgehead atoms. The van der Waals surface area contributed by atoms with Crippen molar-refractivity contribution in [2.45, 2.75) is 26.2 Å². The molecule has 2 nitrogen and oxygen atoms in total. The van der Waals surface area contributed by atoms with Crippen LogP contribution in [-0.4, -0.2) is 14.8 Å². The van der Waals surface area contributed by atoms with Crippen LogP contribution in [0.1, 0.15) is 26.3 Å². The molecule has 0 atom stereocenters. The smallest absolute Gasteiger partial charge is 0.252 e. The van der Waals surface area contributed by atoms with Gasteiger partial charge in [-0.05, 0) is 109 Å². The molecule has 0 radical (unpaired) electrons. The van der Waals surface area contributed by atoms with Crippen LogP contribution < -0.4 is 46.9 Å². The highest BCUT2D eigenvalue weighted by molar-refractivity contribution is 7.22. The van der Waals surface area contributed by atoms with E-state index in [-0.39, 0.29) is 23.8 Å². The number of anilines is 6. The maximum Gasteiger partial charge on any atom is 0.252 e. The predicted molar refractivity (Wildman–Crippen MR) is 216 cm³/mol. The fourth-order valence-corrected chi connectivity index (χ4v) is 14.3. The highest BCUT2D eigenvalue weighted by atomic mass is 28.3. The molecular formula is C46H35BF2N2Si. The van der Waals surface area contributed by atoms with Crippen LogP contribution >= 0.6 is 0 Å². The van der Waals surface area contributed by atoms with Crippen molar-refractivity contribution in [2.75, 3.05) is 9.80 Å². The number of benzene rings is 7. The van der Waals surface area contributed by atoms with Gasteiger partial charge in [0.1, 0.15) is 11.6 Å². The van der Waals surface area contributed by atoms with Crippen LogP contribution in [0.25, 0.3) is 0 Å². The molecule has 0 fully saturated rings. The Morgan fingerprint density at radius 3 is 1.77 bits per heavy atom. The first-order valence-corrected chi connectivity index (χ1v) is 19.9. The third-order valence-electron chi connectivity index (χ3n) is 11.4. The van der Waals surface area contributed by atoms with Gasteiger partial charge in [-0.3, -0.25) is 0 Å². The zero-order valence-corrected chi connectivity index (χ0v) is 30.2. The first kappa shape index (κ1) is 31.1. The van der Waals surface area contributed by atoms with E-state index in [4.69, 9.17) is 0 Å². The highest BCUT2D eigenvalue weighted by Gasteiger charge is 2.53. The van der Waals surface area contributed by atoms with Crippen LogP contribution in [0, 0.1) is 11.6 Å². The van der Waals surface area contributed by atoms with E-state index < -0.39 is 8.07 Å². The minimum Gasteiger partial charge on any atom is -0.312 e. The fraction of sp³-hybridized carbons (Fsp3) is 0.0870. The van der Waals surface area contributed by atoms with Gasteiger partial charge in [0.2, 0.25) is 0 Å². The van der Waals surface area contributed by atoms with Crippen LogP contribution in [0.15, 0.2) is 158 Å². The zero-order chi connectivity index (χ0) is 35.4. The Bertz CT molecular complexity index is 2510. The van der Waals surface area contributed by atoms with Gasteiger partial charge in [0.05, 0.1) is 0 Å². The summed E-state index contributed by atoms with van der Waals surface area (Å²) in [6.45, 7) is 6.53. The van der Waals surface area contributed by atoms with Gasteiger partial charge < -0.3 is 9.80 Å². The molecule has 7 aromatic carbocycles. The number of para-hydroxylation sites is 2. The maximum absolute atomic E-state index is 15.6. The van der Waals surface area contributed by atoms with Crippen molar-refractivity contribution in [2.24, 2.45) is 0 Å². The minimum atomic E-state index is -2.88. The Balaban J connectivity index is 1.38. The normalized spacial score (nSPS) is 14.7. The summed E-state index contributed by atoms with van der Waals surface area (Å²) < 4.78 is 30.0. The summed E-state index contributed by atoms with van der Waals surface area (Å²) in [5, 5.41) is 5.32. The van der Waals surface area contributed by atoms with Gasteiger partial charge in [-0.2, -0.15) is 0 Å². The average Bonchev–Trinajstić information content (AvgIpc) is 3.16. The number of hydrogen-bond acceptors (Lipinski definition) is 2. The molecule has 0 N–H and O–H groups in total. The molecule has 6 heteroatoms. The largest absolute Gasteiger partial charge is 0.312 e. The van der Waals surface area contributed by atoms with E-state index in [0.717, 1.165) is 33.7 Å². The maximum atomic E-state index is 15.6. The van der Waals surface area contributed by atoms with Crippen molar-refractivity contribution in [3.8, 4) is 0 Å². The Kier molecular flexibility index (Phi) is 6.65. The zero-order valence-electron chi connectivity index (χ0n) is 29.2. The van der Waals surface area contributed by atoms with Gasteiger partial charge >= 0.3 is 0 Å². The number of halogens is 2. The molecule has 3 aliphatic rings. The number of hydrogen-bond donors (Lipinski definition) is 0.